The average Bonchev–Trinajstić information content (AvgIpc) is 3.43. The lowest BCUT2D eigenvalue weighted by atomic mass is 10.1. The second-order valence-corrected chi connectivity index (χ2v) is 7.62. The molecule has 0 amide bonds. The Hall–Kier alpha value is -3.48. The molecule has 7 heteroatoms. The molecule has 158 valence electrons. The minimum absolute atomic E-state index is 0.168. The van der Waals surface area contributed by atoms with Crippen LogP contribution in [0.3, 0.4) is 0 Å². The number of aromatic nitrogens is 3. The molecular weight excluding hydrogens is 400 g/mol. The van der Waals surface area contributed by atoms with Crippen LogP contribution in [0.5, 0.6) is 11.5 Å². The van der Waals surface area contributed by atoms with Gasteiger partial charge in [0, 0.05) is 17.8 Å². The number of rotatable bonds is 5. The molecule has 2 aromatic heterocycles. The van der Waals surface area contributed by atoms with Gasteiger partial charge in [0.05, 0.1) is 24.5 Å². The maximum atomic E-state index is 14.3. The monoisotopic (exact) mass is 421 g/mol. The van der Waals surface area contributed by atoms with Gasteiger partial charge in [-0.2, -0.15) is 5.10 Å². The fourth-order valence-electron chi connectivity index (χ4n) is 4.09. The molecule has 0 N–H and O–H groups in total. The summed E-state index contributed by atoms with van der Waals surface area (Å²) in [5, 5.41) is 4.46. The molecule has 1 saturated carbocycles. The van der Waals surface area contributed by atoms with E-state index in [1.807, 2.05) is 24.3 Å². The van der Waals surface area contributed by atoms with Gasteiger partial charge in [0.2, 0.25) is 0 Å². The Morgan fingerprint density at radius 1 is 0.968 bits per heavy atom. The highest BCUT2D eigenvalue weighted by Gasteiger charge is 2.20. The molecule has 0 bridgehead atoms. The van der Waals surface area contributed by atoms with E-state index in [0.29, 0.717) is 17.1 Å². The number of benzene rings is 2. The molecular formula is C24H21F2N3O2. The van der Waals surface area contributed by atoms with Crippen LogP contribution in [0.4, 0.5) is 8.78 Å². The van der Waals surface area contributed by atoms with Crippen LogP contribution < -0.4 is 9.47 Å². The lowest BCUT2D eigenvalue weighted by Crippen LogP contribution is -2.11. The lowest BCUT2D eigenvalue weighted by Gasteiger charge is -2.17. The first-order chi connectivity index (χ1) is 15.1. The minimum atomic E-state index is -0.665. The molecule has 1 aliphatic carbocycles. The smallest absolute Gasteiger partial charge is 0.162 e. The highest BCUT2D eigenvalue weighted by Crippen LogP contribution is 2.36. The topological polar surface area (TPSA) is 48.7 Å². The molecule has 0 aliphatic heterocycles. The summed E-state index contributed by atoms with van der Waals surface area (Å²) in [4.78, 5) is 4.31. The van der Waals surface area contributed by atoms with Crippen molar-refractivity contribution in [2.75, 3.05) is 7.11 Å². The predicted molar refractivity (Wildman–Crippen MR) is 113 cm³/mol. The third-order valence-corrected chi connectivity index (χ3v) is 5.63. The number of halogens is 2. The van der Waals surface area contributed by atoms with Crippen LogP contribution in [-0.4, -0.2) is 27.8 Å². The van der Waals surface area contributed by atoms with Crippen molar-refractivity contribution >= 4 is 5.65 Å². The van der Waals surface area contributed by atoms with Gasteiger partial charge in [-0.3, -0.25) is 0 Å². The number of nitrogens with zero attached hydrogens (tertiary/aromatic N) is 3. The molecule has 4 aromatic rings. The highest BCUT2D eigenvalue weighted by atomic mass is 19.1. The van der Waals surface area contributed by atoms with Crippen LogP contribution in [0.25, 0.3) is 28.2 Å². The number of methoxy groups -OCH3 is 1. The maximum absolute atomic E-state index is 14.3. The predicted octanol–water partition coefficient (Wildman–Crippen LogP) is 5.67. The standard InChI is InChI=1S/C24H21F2N3O2/c1-30-21-10-9-15(13-22(21)31-16-5-2-3-6-16)20-11-12-27-23-14-19(28-29(20)23)24-17(25)7-4-8-18(24)26/h4,7-14,16H,2-3,5-6H2,1H3. The summed E-state index contributed by atoms with van der Waals surface area (Å²) >= 11 is 0. The zero-order valence-electron chi connectivity index (χ0n) is 17.0. The zero-order chi connectivity index (χ0) is 21.4. The third-order valence-electron chi connectivity index (χ3n) is 5.63. The summed E-state index contributed by atoms with van der Waals surface area (Å²) < 4.78 is 41.8. The van der Waals surface area contributed by atoms with Gasteiger partial charge >= 0.3 is 0 Å². The molecule has 0 radical (unpaired) electrons. The molecule has 0 saturated heterocycles. The van der Waals surface area contributed by atoms with Crippen LogP contribution in [0.1, 0.15) is 25.7 Å². The van der Waals surface area contributed by atoms with Crippen molar-refractivity contribution in [3.8, 4) is 34.0 Å². The van der Waals surface area contributed by atoms with E-state index in [4.69, 9.17) is 9.47 Å². The van der Waals surface area contributed by atoms with Crippen molar-refractivity contribution in [3.05, 3.63) is 66.4 Å². The van der Waals surface area contributed by atoms with E-state index in [2.05, 4.69) is 10.1 Å². The summed E-state index contributed by atoms with van der Waals surface area (Å²) in [7, 11) is 1.61. The Bertz CT molecular complexity index is 1230. The van der Waals surface area contributed by atoms with E-state index in [-0.39, 0.29) is 17.4 Å². The summed E-state index contributed by atoms with van der Waals surface area (Å²) in [6, 6.07) is 12.8. The number of ether oxygens (including phenoxy) is 2. The van der Waals surface area contributed by atoms with Crippen LogP contribution in [0.15, 0.2) is 54.7 Å². The van der Waals surface area contributed by atoms with Crippen molar-refractivity contribution in [1.29, 1.82) is 0 Å². The largest absolute Gasteiger partial charge is 0.493 e. The van der Waals surface area contributed by atoms with Gasteiger partial charge < -0.3 is 9.47 Å². The Morgan fingerprint density at radius 3 is 2.48 bits per heavy atom. The summed E-state index contributed by atoms with van der Waals surface area (Å²) in [5.74, 6) is 0.00299. The van der Waals surface area contributed by atoms with Gasteiger partial charge in [-0.1, -0.05) is 6.07 Å². The van der Waals surface area contributed by atoms with E-state index in [1.165, 1.54) is 31.0 Å². The molecule has 1 fully saturated rings. The fraction of sp³-hybridized carbons (Fsp3) is 0.250. The van der Waals surface area contributed by atoms with E-state index in [9.17, 15) is 8.78 Å². The third kappa shape index (κ3) is 3.60. The average molecular weight is 421 g/mol. The summed E-state index contributed by atoms with van der Waals surface area (Å²) in [6.45, 7) is 0. The lowest BCUT2D eigenvalue weighted by molar-refractivity contribution is 0.201. The molecule has 2 aromatic carbocycles. The van der Waals surface area contributed by atoms with Crippen LogP contribution in [0.2, 0.25) is 0 Å². The van der Waals surface area contributed by atoms with Crippen LogP contribution in [-0.2, 0) is 0 Å². The van der Waals surface area contributed by atoms with Crippen LogP contribution in [0, 0.1) is 11.6 Å². The van der Waals surface area contributed by atoms with E-state index < -0.39 is 11.6 Å². The zero-order valence-corrected chi connectivity index (χ0v) is 17.0. The Labute approximate surface area is 178 Å². The van der Waals surface area contributed by atoms with Crippen molar-refractivity contribution in [3.63, 3.8) is 0 Å². The fourth-order valence-corrected chi connectivity index (χ4v) is 4.09. The normalized spacial score (nSPS) is 14.3. The van der Waals surface area contributed by atoms with Gasteiger partial charge in [-0.25, -0.2) is 18.3 Å². The van der Waals surface area contributed by atoms with Gasteiger partial charge in [0.25, 0.3) is 0 Å². The first kappa shape index (κ1) is 19.5. The molecule has 1 aliphatic rings. The van der Waals surface area contributed by atoms with Crippen molar-refractivity contribution in [2.24, 2.45) is 0 Å². The van der Waals surface area contributed by atoms with Crippen molar-refractivity contribution < 1.29 is 18.3 Å². The van der Waals surface area contributed by atoms with E-state index in [0.717, 1.165) is 24.1 Å². The number of fused-ring (bicyclic) bond motifs is 1. The van der Waals surface area contributed by atoms with Crippen LogP contribution >= 0.6 is 0 Å². The summed E-state index contributed by atoms with van der Waals surface area (Å²) in [5.41, 5.74) is 2.08. The molecule has 0 spiro atoms. The molecule has 31 heavy (non-hydrogen) atoms. The van der Waals surface area contributed by atoms with Gasteiger partial charge in [0.15, 0.2) is 17.1 Å². The maximum Gasteiger partial charge on any atom is 0.162 e. The Kier molecular flexibility index (Phi) is 5.02. The van der Waals surface area contributed by atoms with Gasteiger partial charge in [-0.15, -0.1) is 0 Å². The first-order valence-electron chi connectivity index (χ1n) is 10.3. The minimum Gasteiger partial charge on any atom is -0.493 e. The SMILES string of the molecule is COc1ccc(-c2ccnc3cc(-c4c(F)cccc4F)nn23)cc1OC1CCCC1. The van der Waals surface area contributed by atoms with Crippen molar-refractivity contribution in [2.45, 2.75) is 31.8 Å². The Morgan fingerprint density at radius 2 is 1.74 bits per heavy atom. The second-order valence-electron chi connectivity index (χ2n) is 7.62. The number of hydrogen-bond donors (Lipinski definition) is 0. The molecule has 2 heterocycles. The van der Waals surface area contributed by atoms with Gasteiger partial charge in [0.1, 0.15) is 17.3 Å². The second kappa shape index (κ2) is 7.98. The quantitative estimate of drug-likeness (QED) is 0.417. The van der Waals surface area contributed by atoms with Gasteiger partial charge in [-0.05, 0) is 62.1 Å². The van der Waals surface area contributed by atoms with E-state index in [1.54, 1.807) is 23.9 Å². The Balaban J connectivity index is 1.60. The van der Waals surface area contributed by atoms with E-state index >= 15 is 0 Å². The van der Waals surface area contributed by atoms with Crippen molar-refractivity contribution in [1.82, 2.24) is 14.6 Å². The summed E-state index contributed by atoms with van der Waals surface area (Å²) in [6.07, 6.45) is 6.23. The molecule has 5 rings (SSSR count). The first-order valence-corrected chi connectivity index (χ1v) is 10.3. The number of hydrogen-bond acceptors (Lipinski definition) is 4. The molecule has 0 atom stereocenters. The highest BCUT2D eigenvalue weighted by molar-refractivity contribution is 5.70. The molecule has 0 unspecified atom stereocenters. The molecule has 5 nitrogen and oxygen atoms in total.